The van der Waals surface area contributed by atoms with Crippen molar-refractivity contribution in [2.75, 3.05) is 39.4 Å². The lowest BCUT2D eigenvalue weighted by atomic mass is 9.92. The highest BCUT2D eigenvalue weighted by molar-refractivity contribution is 5.81. The lowest BCUT2D eigenvalue weighted by Gasteiger charge is -2.28. The second kappa shape index (κ2) is 7.82. The van der Waals surface area contributed by atoms with E-state index in [4.69, 9.17) is 10.5 Å². The van der Waals surface area contributed by atoms with Crippen molar-refractivity contribution < 1.29 is 9.53 Å². The highest BCUT2D eigenvalue weighted by Crippen LogP contribution is 2.17. The minimum atomic E-state index is -0.370. The topological polar surface area (TPSA) is 67.6 Å². The van der Waals surface area contributed by atoms with Gasteiger partial charge in [-0.15, -0.1) is 0 Å². The number of carbonyl (C=O) groups excluding carboxylic acids is 1. The van der Waals surface area contributed by atoms with Gasteiger partial charge in [0.1, 0.15) is 0 Å². The van der Waals surface area contributed by atoms with Crippen molar-refractivity contribution in [2.24, 2.45) is 11.7 Å². The van der Waals surface area contributed by atoms with Gasteiger partial charge in [0.25, 0.3) is 0 Å². The average molecular weight is 269 g/mol. The summed E-state index contributed by atoms with van der Waals surface area (Å²) < 4.78 is 5.30. The Morgan fingerprint density at radius 1 is 1.26 bits per heavy atom. The molecule has 1 atom stereocenters. The van der Waals surface area contributed by atoms with E-state index in [0.717, 1.165) is 39.1 Å². The molecule has 0 radical (unpaired) electrons. The third-order valence-electron chi connectivity index (χ3n) is 4.25. The summed E-state index contributed by atoms with van der Waals surface area (Å²) in [5.41, 5.74) is 6.03. The lowest BCUT2D eigenvalue weighted by molar-refractivity contribution is -0.124. The van der Waals surface area contributed by atoms with Gasteiger partial charge in [-0.2, -0.15) is 0 Å². The molecule has 2 heterocycles. The molecule has 5 heteroatoms. The second-order valence-corrected chi connectivity index (χ2v) is 5.67. The zero-order valence-corrected chi connectivity index (χ0v) is 11.8. The van der Waals surface area contributed by atoms with Gasteiger partial charge in [-0.1, -0.05) is 6.42 Å². The smallest absolute Gasteiger partial charge is 0.237 e. The van der Waals surface area contributed by atoms with Crippen LogP contribution in [-0.4, -0.2) is 56.2 Å². The molecule has 0 bridgehead atoms. The number of ether oxygens (including phenoxy) is 1. The van der Waals surface area contributed by atoms with Gasteiger partial charge in [0.15, 0.2) is 0 Å². The number of likely N-dealkylation sites (tertiary alicyclic amines) is 1. The average Bonchev–Trinajstić information content (AvgIpc) is 2.48. The highest BCUT2D eigenvalue weighted by atomic mass is 16.5. The van der Waals surface area contributed by atoms with Crippen molar-refractivity contribution in [3.05, 3.63) is 0 Å². The predicted octanol–water partition coefficient (Wildman–Crippen LogP) is 0.342. The Morgan fingerprint density at radius 2 is 1.95 bits per heavy atom. The van der Waals surface area contributed by atoms with Crippen molar-refractivity contribution in [1.82, 2.24) is 10.2 Å². The van der Waals surface area contributed by atoms with Crippen molar-refractivity contribution >= 4 is 5.91 Å². The number of nitrogens with two attached hydrogens (primary N) is 1. The van der Waals surface area contributed by atoms with Gasteiger partial charge in [-0.3, -0.25) is 4.79 Å². The van der Waals surface area contributed by atoms with Crippen LogP contribution in [0.15, 0.2) is 0 Å². The Bertz CT molecular complexity index is 274. The van der Waals surface area contributed by atoms with Gasteiger partial charge in [-0.25, -0.2) is 0 Å². The standard InChI is InChI=1S/C14H27N3O2/c15-13(12-4-10-19-11-5-12)14(18)16-6-9-17-7-2-1-3-8-17/h12-13H,1-11,15H2,(H,16,18). The Balaban J connectivity index is 1.62. The van der Waals surface area contributed by atoms with Crippen LogP contribution in [0.4, 0.5) is 0 Å². The number of piperidine rings is 1. The number of carbonyl (C=O) groups is 1. The van der Waals surface area contributed by atoms with Crippen LogP contribution < -0.4 is 11.1 Å². The van der Waals surface area contributed by atoms with E-state index in [9.17, 15) is 4.79 Å². The molecule has 2 saturated heterocycles. The van der Waals surface area contributed by atoms with Crippen LogP contribution in [-0.2, 0) is 9.53 Å². The molecule has 5 nitrogen and oxygen atoms in total. The zero-order valence-electron chi connectivity index (χ0n) is 11.8. The van der Waals surface area contributed by atoms with Gasteiger partial charge in [0.2, 0.25) is 5.91 Å². The Labute approximate surface area is 115 Å². The minimum absolute atomic E-state index is 0.00362. The Kier molecular flexibility index (Phi) is 6.07. The normalized spacial score (nSPS) is 24.1. The summed E-state index contributed by atoms with van der Waals surface area (Å²) in [6.07, 6.45) is 5.73. The number of nitrogens with zero attached hydrogens (tertiary/aromatic N) is 1. The largest absolute Gasteiger partial charge is 0.381 e. The third kappa shape index (κ3) is 4.75. The first-order chi connectivity index (χ1) is 9.27. The molecule has 0 saturated carbocycles. The summed E-state index contributed by atoms with van der Waals surface area (Å²) in [5, 5.41) is 2.98. The molecule has 0 spiro atoms. The van der Waals surface area contributed by atoms with Gasteiger partial charge < -0.3 is 20.7 Å². The van der Waals surface area contributed by atoms with Crippen LogP contribution >= 0.6 is 0 Å². The first-order valence-electron chi connectivity index (χ1n) is 7.61. The summed E-state index contributed by atoms with van der Waals surface area (Å²) in [7, 11) is 0. The molecule has 1 unspecified atom stereocenters. The Morgan fingerprint density at radius 3 is 2.63 bits per heavy atom. The molecule has 0 aromatic carbocycles. The molecule has 2 rings (SSSR count). The first kappa shape index (κ1) is 14.8. The van der Waals surface area contributed by atoms with Crippen LogP contribution in [0.3, 0.4) is 0 Å². The maximum atomic E-state index is 12.0. The van der Waals surface area contributed by atoms with Crippen LogP contribution in [0.5, 0.6) is 0 Å². The highest BCUT2D eigenvalue weighted by Gasteiger charge is 2.26. The zero-order chi connectivity index (χ0) is 13.5. The summed E-state index contributed by atoms with van der Waals surface area (Å²) in [6, 6.07) is -0.370. The number of nitrogens with one attached hydrogen (secondary N) is 1. The van der Waals surface area contributed by atoms with Crippen molar-refractivity contribution in [1.29, 1.82) is 0 Å². The van der Waals surface area contributed by atoms with Crippen molar-refractivity contribution in [3.63, 3.8) is 0 Å². The fourth-order valence-corrected chi connectivity index (χ4v) is 2.93. The number of hydrogen-bond acceptors (Lipinski definition) is 4. The Hall–Kier alpha value is -0.650. The predicted molar refractivity (Wildman–Crippen MR) is 74.8 cm³/mol. The fraction of sp³-hybridized carbons (Fsp3) is 0.929. The molecule has 0 aliphatic carbocycles. The first-order valence-corrected chi connectivity index (χ1v) is 7.61. The van der Waals surface area contributed by atoms with E-state index in [2.05, 4.69) is 10.2 Å². The molecule has 0 aromatic heterocycles. The summed E-state index contributed by atoms with van der Waals surface area (Å²) in [4.78, 5) is 14.4. The summed E-state index contributed by atoms with van der Waals surface area (Å²) >= 11 is 0. The SMILES string of the molecule is NC(C(=O)NCCN1CCCCC1)C1CCOCC1. The molecule has 19 heavy (non-hydrogen) atoms. The van der Waals surface area contributed by atoms with Gasteiger partial charge in [-0.05, 0) is 44.7 Å². The lowest BCUT2D eigenvalue weighted by Crippen LogP contribution is -2.48. The monoisotopic (exact) mass is 269 g/mol. The van der Waals surface area contributed by atoms with Gasteiger partial charge in [0, 0.05) is 26.3 Å². The van der Waals surface area contributed by atoms with Crippen molar-refractivity contribution in [3.8, 4) is 0 Å². The van der Waals surface area contributed by atoms with Crippen LogP contribution in [0.25, 0.3) is 0 Å². The summed E-state index contributed by atoms with van der Waals surface area (Å²) in [6.45, 7) is 5.48. The van der Waals surface area contributed by atoms with E-state index < -0.39 is 0 Å². The molecular weight excluding hydrogens is 242 g/mol. The van der Waals surface area contributed by atoms with E-state index in [0.29, 0.717) is 0 Å². The maximum absolute atomic E-state index is 12.0. The number of amides is 1. The summed E-state index contributed by atoms with van der Waals surface area (Å²) in [5.74, 6) is 0.285. The molecule has 2 aliphatic rings. The molecular formula is C14H27N3O2. The van der Waals surface area contributed by atoms with Gasteiger partial charge >= 0.3 is 0 Å². The van der Waals surface area contributed by atoms with Crippen LogP contribution in [0.2, 0.25) is 0 Å². The van der Waals surface area contributed by atoms with Crippen LogP contribution in [0.1, 0.15) is 32.1 Å². The van der Waals surface area contributed by atoms with E-state index in [1.54, 1.807) is 0 Å². The second-order valence-electron chi connectivity index (χ2n) is 5.67. The number of hydrogen-bond donors (Lipinski definition) is 2. The minimum Gasteiger partial charge on any atom is -0.381 e. The molecule has 1 amide bonds. The fourth-order valence-electron chi connectivity index (χ4n) is 2.93. The van der Waals surface area contributed by atoms with E-state index in [-0.39, 0.29) is 17.9 Å². The van der Waals surface area contributed by atoms with E-state index in [1.165, 1.54) is 32.4 Å². The maximum Gasteiger partial charge on any atom is 0.237 e. The van der Waals surface area contributed by atoms with E-state index in [1.807, 2.05) is 0 Å². The van der Waals surface area contributed by atoms with E-state index >= 15 is 0 Å². The van der Waals surface area contributed by atoms with Crippen LogP contribution in [0, 0.1) is 5.92 Å². The molecule has 110 valence electrons. The molecule has 2 aliphatic heterocycles. The number of rotatable bonds is 5. The van der Waals surface area contributed by atoms with Crippen molar-refractivity contribution in [2.45, 2.75) is 38.1 Å². The molecule has 0 aromatic rings. The quantitative estimate of drug-likeness (QED) is 0.755. The third-order valence-corrected chi connectivity index (χ3v) is 4.25. The van der Waals surface area contributed by atoms with Gasteiger partial charge in [0.05, 0.1) is 6.04 Å². The molecule has 3 N–H and O–H groups in total. The molecule has 2 fully saturated rings.